The summed E-state index contributed by atoms with van der Waals surface area (Å²) in [4.78, 5) is 4.99. The molecule has 0 bridgehead atoms. The average Bonchev–Trinajstić information content (AvgIpc) is 2.66. The highest BCUT2D eigenvalue weighted by Gasteiger charge is 2.08. The van der Waals surface area contributed by atoms with Crippen LogP contribution in [0.5, 0.6) is 0 Å². The third-order valence-electron chi connectivity index (χ3n) is 4.84. The molecular weight excluding hydrogens is 354 g/mol. The summed E-state index contributed by atoms with van der Waals surface area (Å²) < 4.78 is 6.17. The molecule has 2 nitrogen and oxygen atoms in total. The van der Waals surface area contributed by atoms with Gasteiger partial charge in [-0.3, -0.25) is 0 Å². The molecule has 0 aliphatic rings. The van der Waals surface area contributed by atoms with Crippen molar-refractivity contribution in [3.05, 3.63) is 93.8 Å². The zero-order chi connectivity index (χ0) is 19.0. The van der Waals surface area contributed by atoms with E-state index in [4.69, 9.17) is 21.0 Å². The summed E-state index contributed by atoms with van der Waals surface area (Å²) in [6.45, 7) is 6.29. The minimum atomic E-state index is 0.704. The molecule has 4 aromatic rings. The molecule has 134 valence electrons. The van der Waals surface area contributed by atoms with E-state index in [9.17, 15) is 0 Å². The number of rotatable bonds is 2. The fraction of sp³-hybridized carbons (Fsp3) is 0.125. The van der Waals surface area contributed by atoms with Crippen LogP contribution in [0.1, 0.15) is 16.7 Å². The summed E-state index contributed by atoms with van der Waals surface area (Å²) >= 11 is 6.03. The molecule has 0 fully saturated rings. The Bertz CT molecular complexity index is 1200. The lowest BCUT2D eigenvalue weighted by molar-refractivity contribution is 0.618. The summed E-state index contributed by atoms with van der Waals surface area (Å²) in [6, 6.07) is 22.0. The maximum absolute atomic E-state index is 6.17. The van der Waals surface area contributed by atoms with Crippen LogP contribution >= 0.6 is 11.6 Å². The Hall–Kier alpha value is -2.84. The Morgan fingerprint density at radius 3 is 2.41 bits per heavy atom. The zero-order valence-corrected chi connectivity index (χ0v) is 16.3. The van der Waals surface area contributed by atoms with Crippen molar-refractivity contribution in [3.8, 4) is 11.3 Å². The fourth-order valence-corrected chi connectivity index (χ4v) is 3.24. The van der Waals surface area contributed by atoms with Crippen LogP contribution < -0.4 is 5.36 Å². The van der Waals surface area contributed by atoms with Gasteiger partial charge in [-0.2, -0.15) is 0 Å². The Morgan fingerprint density at radius 2 is 1.63 bits per heavy atom. The molecule has 0 spiro atoms. The van der Waals surface area contributed by atoms with Crippen LogP contribution in [-0.4, -0.2) is 0 Å². The Morgan fingerprint density at radius 1 is 0.852 bits per heavy atom. The number of hydrogen-bond donors (Lipinski definition) is 0. The summed E-state index contributed by atoms with van der Waals surface area (Å²) in [6.07, 6.45) is 0. The van der Waals surface area contributed by atoms with Gasteiger partial charge in [0.05, 0.1) is 11.0 Å². The van der Waals surface area contributed by atoms with E-state index in [0.29, 0.717) is 5.02 Å². The van der Waals surface area contributed by atoms with E-state index in [1.54, 1.807) is 0 Å². The summed E-state index contributed by atoms with van der Waals surface area (Å²) in [5.41, 5.74) is 6.36. The highest BCUT2D eigenvalue weighted by molar-refractivity contribution is 6.30. The van der Waals surface area contributed by atoms with Gasteiger partial charge in [0, 0.05) is 22.0 Å². The lowest BCUT2D eigenvalue weighted by Crippen LogP contribution is -2.04. The third kappa shape index (κ3) is 3.54. The van der Waals surface area contributed by atoms with Gasteiger partial charge in [0.1, 0.15) is 11.3 Å². The molecule has 0 N–H and O–H groups in total. The van der Waals surface area contributed by atoms with Crippen molar-refractivity contribution in [3.63, 3.8) is 0 Å². The van der Waals surface area contributed by atoms with Crippen molar-refractivity contribution in [2.24, 2.45) is 4.99 Å². The van der Waals surface area contributed by atoms with Crippen molar-refractivity contribution < 1.29 is 4.42 Å². The molecule has 0 aliphatic heterocycles. The molecule has 3 aromatic carbocycles. The highest BCUT2D eigenvalue weighted by atomic mass is 35.5. The van der Waals surface area contributed by atoms with Crippen molar-refractivity contribution in [1.29, 1.82) is 0 Å². The first-order valence-corrected chi connectivity index (χ1v) is 9.30. The molecule has 1 aromatic heterocycles. The zero-order valence-electron chi connectivity index (χ0n) is 15.6. The minimum absolute atomic E-state index is 0.704. The lowest BCUT2D eigenvalue weighted by Gasteiger charge is -2.07. The molecule has 0 saturated heterocycles. The van der Waals surface area contributed by atoms with Crippen LogP contribution in [0.2, 0.25) is 5.02 Å². The van der Waals surface area contributed by atoms with E-state index in [1.807, 2.05) is 42.5 Å². The third-order valence-corrected chi connectivity index (χ3v) is 5.10. The van der Waals surface area contributed by atoms with Crippen LogP contribution in [0.15, 0.2) is 76.1 Å². The number of nitrogens with zero attached hydrogens (tertiary/aromatic N) is 1. The Balaban J connectivity index is 2.02. The molecule has 4 rings (SSSR count). The van der Waals surface area contributed by atoms with Gasteiger partial charge in [0.25, 0.3) is 0 Å². The second-order valence-electron chi connectivity index (χ2n) is 6.83. The molecule has 0 aliphatic carbocycles. The highest BCUT2D eigenvalue weighted by Crippen LogP contribution is 2.26. The van der Waals surface area contributed by atoms with Crippen LogP contribution in [0.25, 0.3) is 22.3 Å². The normalized spacial score (nSPS) is 11.9. The van der Waals surface area contributed by atoms with E-state index in [0.717, 1.165) is 33.3 Å². The maximum Gasteiger partial charge on any atom is 0.136 e. The molecule has 0 saturated carbocycles. The van der Waals surface area contributed by atoms with E-state index >= 15 is 0 Å². The quantitative estimate of drug-likeness (QED) is 0.374. The predicted octanol–water partition coefficient (Wildman–Crippen LogP) is 6.91. The Labute approximate surface area is 163 Å². The van der Waals surface area contributed by atoms with Gasteiger partial charge in [0.15, 0.2) is 0 Å². The van der Waals surface area contributed by atoms with Crippen molar-refractivity contribution in [1.82, 2.24) is 0 Å². The average molecular weight is 374 g/mol. The molecule has 3 heteroatoms. The van der Waals surface area contributed by atoms with E-state index in [1.165, 1.54) is 16.7 Å². The van der Waals surface area contributed by atoms with Crippen LogP contribution in [0.4, 0.5) is 5.69 Å². The first kappa shape index (κ1) is 17.6. The molecule has 1 heterocycles. The predicted molar refractivity (Wildman–Crippen MR) is 113 cm³/mol. The summed E-state index contributed by atoms with van der Waals surface area (Å²) in [5.74, 6) is 0.770. The molecular formula is C24H20ClNO. The molecule has 0 amide bonds. The van der Waals surface area contributed by atoms with Crippen molar-refractivity contribution in [2.45, 2.75) is 20.8 Å². The Kier molecular flexibility index (Phi) is 4.59. The topological polar surface area (TPSA) is 25.5 Å². The van der Waals surface area contributed by atoms with E-state index in [-0.39, 0.29) is 0 Å². The number of halogens is 1. The second-order valence-corrected chi connectivity index (χ2v) is 7.27. The monoisotopic (exact) mass is 373 g/mol. The van der Waals surface area contributed by atoms with Crippen LogP contribution in [0, 0.1) is 20.8 Å². The molecule has 27 heavy (non-hydrogen) atoms. The van der Waals surface area contributed by atoms with Gasteiger partial charge in [0.2, 0.25) is 0 Å². The number of aryl methyl sites for hydroxylation is 2. The molecule has 0 radical (unpaired) electrons. The van der Waals surface area contributed by atoms with Gasteiger partial charge in [-0.15, -0.1) is 0 Å². The van der Waals surface area contributed by atoms with Gasteiger partial charge < -0.3 is 4.42 Å². The standard InChI is InChI=1S/C24H20ClNO/c1-15-7-12-23-20(13-15)22(26-21-6-4-5-16(2)17(21)3)14-24(27-23)18-8-10-19(25)11-9-18/h4-14H,1-3H3. The van der Waals surface area contributed by atoms with Crippen molar-refractivity contribution in [2.75, 3.05) is 0 Å². The van der Waals surface area contributed by atoms with E-state index in [2.05, 4.69) is 45.0 Å². The van der Waals surface area contributed by atoms with E-state index < -0.39 is 0 Å². The second kappa shape index (κ2) is 7.05. The smallest absolute Gasteiger partial charge is 0.136 e. The van der Waals surface area contributed by atoms with Gasteiger partial charge in [-0.05, 0) is 74.4 Å². The summed E-state index contributed by atoms with van der Waals surface area (Å²) in [5, 5.41) is 2.61. The molecule has 0 unspecified atom stereocenters. The number of hydrogen-bond acceptors (Lipinski definition) is 2. The first-order valence-electron chi connectivity index (χ1n) is 8.93. The van der Waals surface area contributed by atoms with Gasteiger partial charge in [-0.25, -0.2) is 4.99 Å². The van der Waals surface area contributed by atoms with Gasteiger partial charge in [-0.1, -0.05) is 35.4 Å². The molecule has 0 atom stereocenters. The summed E-state index contributed by atoms with van der Waals surface area (Å²) in [7, 11) is 0. The van der Waals surface area contributed by atoms with Gasteiger partial charge >= 0.3 is 0 Å². The minimum Gasteiger partial charge on any atom is -0.456 e. The number of benzene rings is 3. The van der Waals surface area contributed by atoms with Crippen LogP contribution in [-0.2, 0) is 0 Å². The maximum atomic E-state index is 6.17. The number of fused-ring (bicyclic) bond motifs is 1. The lowest BCUT2D eigenvalue weighted by atomic mass is 10.1. The van der Waals surface area contributed by atoms with Crippen LogP contribution in [0.3, 0.4) is 0 Å². The first-order chi connectivity index (χ1) is 13.0. The largest absolute Gasteiger partial charge is 0.456 e. The SMILES string of the molecule is Cc1ccc2oc(-c3ccc(Cl)cc3)cc(=Nc3cccc(C)c3C)c2c1. The fourth-order valence-electron chi connectivity index (χ4n) is 3.12. The van der Waals surface area contributed by atoms with Crippen molar-refractivity contribution >= 4 is 28.3 Å².